The van der Waals surface area contributed by atoms with Crippen molar-refractivity contribution in [1.82, 2.24) is 4.90 Å². The maximum atomic E-state index is 12.1. The van der Waals surface area contributed by atoms with Gasteiger partial charge >= 0.3 is 6.36 Å². The van der Waals surface area contributed by atoms with Gasteiger partial charge < -0.3 is 15.0 Å². The zero-order valence-corrected chi connectivity index (χ0v) is 9.71. The average Bonchev–Trinajstić information content (AvgIpc) is 2.17. The first-order valence-electron chi connectivity index (χ1n) is 5.12. The molecule has 0 radical (unpaired) electrons. The summed E-state index contributed by atoms with van der Waals surface area (Å²) in [6.45, 7) is 1.27. The summed E-state index contributed by atoms with van der Waals surface area (Å²) in [5, 5.41) is 2.90. The molecule has 0 aromatic heterocycles. The molecule has 0 amide bonds. The van der Waals surface area contributed by atoms with Gasteiger partial charge in [0.25, 0.3) is 0 Å². The van der Waals surface area contributed by atoms with Crippen molar-refractivity contribution < 1.29 is 17.9 Å². The minimum atomic E-state index is -4.67. The molecule has 96 valence electrons. The quantitative estimate of drug-likeness (QED) is 0.866. The fourth-order valence-corrected chi connectivity index (χ4v) is 1.24. The maximum Gasteiger partial charge on any atom is 0.573 e. The Morgan fingerprint density at radius 2 is 1.88 bits per heavy atom. The first-order valence-corrected chi connectivity index (χ1v) is 5.12. The third-order valence-corrected chi connectivity index (χ3v) is 1.99. The lowest BCUT2D eigenvalue weighted by atomic mass is 10.3. The van der Waals surface area contributed by atoms with Crippen molar-refractivity contribution in [2.45, 2.75) is 6.36 Å². The van der Waals surface area contributed by atoms with Gasteiger partial charge in [0.05, 0.1) is 5.69 Å². The summed E-state index contributed by atoms with van der Waals surface area (Å²) >= 11 is 0. The fourth-order valence-electron chi connectivity index (χ4n) is 1.24. The van der Waals surface area contributed by atoms with Crippen LogP contribution in [0.25, 0.3) is 0 Å². The zero-order chi connectivity index (χ0) is 12.9. The summed E-state index contributed by atoms with van der Waals surface area (Å²) in [6.07, 6.45) is -4.67. The molecule has 0 fully saturated rings. The van der Waals surface area contributed by atoms with E-state index in [0.717, 1.165) is 6.54 Å². The van der Waals surface area contributed by atoms with Gasteiger partial charge in [0.1, 0.15) is 0 Å². The van der Waals surface area contributed by atoms with E-state index >= 15 is 0 Å². The van der Waals surface area contributed by atoms with Crippen LogP contribution in [0.1, 0.15) is 0 Å². The number of halogens is 3. The molecule has 3 nitrogen and oxygen atoms in total. The number of likely N-dealkylation sites (N-methyl/N-ethyl adjacent to an activating group) is 1. The Morgan fingerprint density at radius 3 is 2.47 bits per heavy atom. The van der Waals surface area contributed by atoms with E-state index in [-0.39, 0.29) is 5.75 Å². The van der Waals surface area contributed by atoms with Crippen LogP contribution in [0.5, 0.6) is 5.75 Å². The van der Waals surface area contributed by atoms with Gasteiger partial charge in [-0.25, -0.2) is 0 Å². The van der Waals surface area contributed by atoms with Crippen LogP contribution in [0.3, 0.4) is 0 Å². The van der Waals surface area contributed by atoms with Crippen molar-refractivity contribution in [2.75, 3.05) is 32.5 Å². The minimum Gasteiger partial charge on any atom is -0.404 e. The van der Waals surface area contributed by atoms with Crippen LogP contribution in [0, 0.1) is 0 Å². The predicted octanol–water partition coefficient (Wildman–Crippen LogP) is 2.56. The van der Waals surface area contributed by atoms with Crippen LogP contribution in [-0.2, 0) is 0 Å². The van der Waals surface area contributed by atoms with Crippen LogP contribution in [0.15, 0.2) is 24.3 Å². The van der Waals surface area contributed by atoms with Crippen molar-refractivity contribution in [3.05, 3.63) is 24.3 Å². The van der Waals surface area contributed by atoms with Gasteiger partial charge in [-0.05, 0) is 26.2 Å². The van der Waals surface area contributed by atoms with Crippen molar-refractivity contribution in [3.8, 4) is 5.75 Å². The number of rotatable bonds is 5. The molecule has 1 aromatic rings. The summed E-state index contributed by atoms with van der Waals surface area (Å²) < 4.78 is 40.3. The maximum absolute atomic E-state index is 12.1. The summed E-state index contributed by atoms with van der Waals surface area (Å²) in [7, 11) is 3.78. The first-order chi connectivity index (χ1) is 7.88. The number of benzene rings is 1. The molecule has 0 spiro atoms. The molecule has 6 heteroatoms. The Balaban J connectivity index is 2.64. The molecule has 1 aromatic carbocycles. The van der Waals surface area contributed by atoms with Gasteiger partial charge in [0, 0.05) is 13.1 Å². The van der Waals surface area contributed by atoms with E-state index in [1.807, 2.05) is 19.0 Å². The van der Waals surface area contributed by atoms with Gasteiger partial charge in [-0.3, -0.25) is 0 Å². The van der Waals surface area contributed by atoms with E-state index in [2.05, 4.69) is 10.1 Å². The number of para-hydroxylation sites is 2. The summed E-state index contributed by atoms with van der Waals surface area (Å²) in [4.78, 5) is 1.93. The minimum absolute atomic E-state index is 0.209. The van der Waals surface area contributed by atoms with Gasteiger partial charge in [-0.1, -0.05) is 12.1 Å². The SMILES string of the molecule is CN(C)CCNc1ccccc1OC(F)(F)F. The number of nitrogens with zero attached hydrogens (tertiary/aromatic N) is 1. The van der Waals surface area contributed by atoms with Crippen molar-refractivity contribution in [2.24, 2.45) is 0 Å². The normalized spacial score (nSPS) is 11.6. The van der Waals surface area contributed by atoms with Crippen LogP contribution >= 0.6 is 0 Å². The Kier molecular flexibility index (Phi) is 4.62. The predicted molar refractivity (Wildman–Crippen MR) is 60.2 cm³/mol. The second-order valence-corrected chi connectivity index (χ2v) is 3.77. The van der Waals surface area contributed by atoms with Gasteiger partial charge in [-0.2, -0.15) is 0 Å². The van der Waals surface area contributed by atoms with E-state index in [9.17, 15) is 13.2 Å². The molecule has 0 aliphatic heterocycles. The Hall–Kier alpha value is -1.43. The highest BCUT2D eigenvalue weighted by Crippen LogP contribution is 2.29. The van der Waals surface area contributed by atoms with Gasteiger partial charge in [0.15, 0.2) is 5.75 Å². The second kappa shape index (κ2) is 5.77. The monoisotopic (exact) mass is 248 g/mol. The molecule has 0 unspecified atom stereocenters. The number of alkyl halides is 3. The summed E-state index contributed by atoms with van der Waals surface area (Å²) in [5.41, 5.74) is 0.340. The topological polar surface area (TPSA) is 24.5 Å². The average molecular weight is 248 g/mol. The summed E-state index contributed by atoms with van der Waals surface area (Å²) in [5.74, 6) is -0.209. The highest BCUT2D eigenvalue weighted by molar-refractivity contribution is 5.56. The molecule has 0 saturated heterocycles. The highest BCUT2D eigenvalue weighted by atomic mass is 19.4. The number of nitrogens with one attached hydrogen (secondary N) is 1. The molecule has 17 heavy (non-hydrogen) atoms. The number of anilines is 1. The first kappa shape index (κ1) is 13.6. The van der Waals surface area contributed by atoms with Crippen molar-refractivity contribution >= 4 is 5.69 Å². The molecule has 0 aliphatic carbocycles. The Bertz CT molecular complexity index is 353. The molecule has 1 N–H and O–H groups in total. The summed E-state index contributed by atoms with van der Waals surface area (Å²) in [6, 6.07) is 5.99. The molecular formula is C11H15F3N2O. The molecule has 0 atom stereocenters. The number of hydrogen-bond acceptors (Lipinski definition) is 3. The van der Waals surface area contributed by atoms with Crippen LogP contribution in [0.4, 0.5) is 18.9 Å². The lowest BCUT2D eigenvalue weighted by Crippen LogP contribution is -2.22. The fraction of sp³-hybridized carbons (Fsp3) is 0.455. The Labute approximate surface area is 98.2 Å². The van der Waals surface area contributed by atoms with Gasteiger partial charge in [0.2, 0.25) is 0 Å². The Morgan fingerprint density at radius 1 is 1.24 bits per heavy atom. The number of ether oxygens (including phenoxy) is 1. The van der Waals surface area contributed by atoms with Crippen LogP contribution in [-0.4, -0.2) is 38.4 Å². The molecule has 0 heterocycles. The molecule has 0 saturated carbocycles. The molecule has 0 aliphatic rings. The van der Waals surface area contributed by atoms with Crippen LogP contribution in [0.2, 0.25) is 0 Å². The smallest absolute Gasteiger partial charge is 0.404 e. The lowest BCUT2D eigenvalue weighted by molar-refractivity contribution is -0.274. The molecule has 1 rings (SSSR count). The van der Waals surface area contributed by atoms with E-state index in [0.29, 0.717) is 12.2 Å². The van der Waals surface area contributed by atoms with E-state index in [1.54, 1.807) is 12.1 Å². The number of hydrogen-bond donors (Lipinski definition) is 1. The van der Waals surface area contributed by atoms with Crippen molar-refractivity contribution in [1.29, 1.82) is 0 Å². The molecular weight excluding hydrogens is 233 g/mol. The highest BCUT2D eigenvalue weighted by Gasteiger charge is 2.31. The third-order valence-electron chi connectivity index (χ3n) is 1.99. The zero-order valence-electron chi connectivity index (χ0n) is 9.71. The second-order valence-electron chi connectivity index (χ2n) is 3.77. The lowest BCUT2D eigenvalue weighted by Gasteiger charge is -2.15. The molecule has 0 bridgehead atoms. The standard InChI is InChI=1S/C11H15F3N2O/c1-16(2)8-7-15-9-5-3-4-6-10(9)17-11(12,13)14/h3-6,15H,7-8H2,1-2H3. The van der Waals surface area contributed by atoms with Crippen molar-refractivity contribution in [3.63, 3.8) is 0 Å². The van der Waals surface area contributed by atoms with Crippen LogP contribution < -0.4 is 10.1 Å². The van der Waals surface area contributed by atoms with E-state index in [1.165, 1.54) is 12.1 Å². The van der Waals surface area contributed by atoms with E-state index < -0.39 is 6.36 Å². The largest absolute Gasteiger partial charge is 0.573 e. The third kappa shape index (κ3) is 5.44. The van der Waals surface area contributed by atoms with Gasteiger partial charge in [-0.15, -0.1) is 13.2 Å². The van der Waals surface area contributed by atoms with E-state index in [4.69, 9.17) is 0 Å².